The van der Waals surface area contributed by atoms with E-state index in [9.17, 15) is 14.4 Å². The maximum absolute atomic E-state index is 12.3. The Balaban J connectivity index is 1.65. The molecule has 0 aliphatic carbocycles. The summed E-state index contributed by atoms with van der Waals surface area (Å²) in [7, 11) is 0. The summed E-state index contributed by atoms with van der Waals surface area (Å²) in [6.45, 7) is 0.548. The number of primary amides is 1. The molecule has 0 unspecified atom stereocenters. The molecule has 6 heteroatoms. The summed E-state index contributed by atoms with van der Waals surface area (Å²) in [6, 6.07) is 13.3. The van der Waals surface area contributed by atoms with Crippen molar-refractivity contribution in [1.82, 2.24) is 0 Å². The van der Waals surface area contributed by atoms with Crippen LogP contribution in [0.3, 0.4) is 0 Å². The third kappa shape index (κ3) is 3.85. The molecule has 1 saturated heterocycles. The lowest BCUT2D eigenvalue weighted by molar-refractivity contribution is -0.117. The maximum atomic E-state index is 12.3. The molecule has 3 rings (SSSR count). The largest absolute Gasteiger partial charge is 0.485 e. The van der Waals surface area contributed by atoms with Crippen molar-refractivity contribution in [3.8, 4) is 5.75 Å². The van der Waals surface area contributed by atoms with Gasteiger partial charge in [0.15, 0.2) is 12.4 Å². The highest BCUT2D eigenvalue weighted by molar-refractivity contribution is 6.00. The van der Waals surface area contributed by atoms with Crippen molar-refractivity contribution in [3.05, 3.63) is 59.7 Å². The van der Waals surface area contributed by atoms with Gasteiger partial charge in [0.05, 0.1) is 0 Å². The number of hydrogen-bond acceptors (Lipinski definition) is 4. The van der Waals surface area contributed by atoms with E-state index in [-0.39, 0.29) is 18.3 Å². The van der Waals surface area contributed by atoms with Crippen molar-refractivity contribution in [2.45, 2.75) is 12.8 Å². The van der Waals surface area contributed by atoms with Crippen LogP contribution in [0.5, 0.6) is 5.75 Å². The Morgan fingerprint density at radius 3 is 2.48 bits per heavy atom. The van der Waals surface area contributed by atoms with Crippen LogP contribution < -0.4 is 15.4 Å². The smallest absolute Gasteiger partial charge is 0.248 e. The Morgan fingerprint density at radius 2 is 1.84 bits per heavy atom. The molecule has 2 N–H and O–H groups in total. The molecule has 2 aromatic rings. The fourth-order valence-electron chi connectivity index (χ4n) is 2.72. The molecular weight excluding hydrogens is 320 g/mol. The van der Waals surface area contributed by atoms with Gasteiger partial charge in [0.2, 0.25) is 11.8 Å². The molecular formula is C19H18N2O4. The van der Waals surface area contributed by atoms with Crippen LogP contribution in [0, 0.1) is 0 Å². The summed E-state index contributed by atoms with van der Waals surface area (Å²) in [5, 5.41) is 0. The quantitative estimate of drug-likeness (QED) is 0.818. The predicted octanol–water partition coefficient (Wildman–Crippen LogP) is 2.17. The lowest BCUT2D eigenvalue weighted by Crippen LogP contribution is -2.24. The summed E-state index contributed by atoms with van der Waals surface area (Å²) in [4.78, 5) is 36.9. The van der Waals surface area contributed by atoms with Gasteiger partial charge in [-0.2, -0.15) is 0 Å². The van der Waals surface area contributed by atoms with Crippen molar-refractivity contribution in [3.63, 3.8) is 0 Å². The van der Waals surface area contributed by atoms with E-state index in [4.69, 9.17) is 10.5 Å². The number of carbonyl (C=O) groups excluding carboxylic acids is 3. The highest BCUT2D eigenvalue weighted by Gasteiger charge is 2.22. The minimum Gasteiger partial charge on any atom is -0.485 e. The Kier molecular flexibility index (Phi) is 4.79. The van der Waals surface area contributed by atoms with Crippen LogP contribution in [0.25, 0.3) is 0 Å². The Bertz CT molecular complexity index is 814. The molecule has 0 bridgehead atoms. The number of rotatable bonds is 6. The van der Waals surface area contributed by atoms with Gasteiger partial charge in [-0.15, -0.1) is 0 Å². The number of hydrogen-bond donors (Lipinski definition) is 1. The zero-order chi connectivity index (χ0) is 17.8. The third-order valence-corrected chi connectivity index (χ3v) is 4.06. The van der Waals surface area contributed by atoms with E-state index in [1.54, 1.807) is 47.4 Å². The van der Waals surface area contributed by atoms with Crippen molar-refractivity contribution in [2.75, 3.05) is 18.1 Å². The van der Waals surface area contributed by atoms with Crippen LogP contribution in [0.4, 0.5) is 5.69 Å². The van der Waals surface area contributed by atoms with Crippen LogP contribution >= 0.6 is 0 Å². The molecule has 0 aromatic heterocycles. The zero-order valence-corrected chi connectivity index (χ0v) is 13.6. The van der Waals surface area contributed by atoms with E-state index >= 15 is 0 Å². The molecule has 25 heavy (non-hydrogen) atoms. The summed E-state index contributed by atoms with van der Waals surface area (Å²) < 4.78 is 5.46. The van der Waals surface area contributed by atoms with Gasteiger partial charge in [-0.1, -0.05) is 12.1 Å². The summed E-state index contributed by atoms with van der Waals surface area (Å²) >= 11 is 0. The average Bonchev–Trinajstić information content (AvgIpc) is 3.06. The van der Waals surface area contributed by atoms with Gasteiger partial charge in [0.1, 0.15) is 5.75 Å². The SMILES string of the molecule is NC(=O)c1ccc(OCC(=O)c2cccc(N3CCCC3=O)c2)cc1. The first-order valence-electron chi connectivity index (χ1n) is 8.01. The van der Waals surface area contributed by atoms with Crippen molar-refractivity contribution < 1.29 is 19.1 Å². The highest BCUT2D eigenvalue weighted by Crippen LogP contribution is 2.22. The van der Waals surface area contributed by atoms with Crippen molar-refractivity contribution >= 4 is 23.3 Å². The van der Waals surface area contributed by atoms with E-state index in [1.165, 1.54) is 0 Å². The zero-order valence-electron chi connectivity index (χ0n) is 13.6. The fraction of sp³-hybridized carbons (Fsp3) is 0.211. The van der Waals surface area contributed by atoms with Gasteiger partial charge in [-0.05, 0) is 42.8 Å². The molecule has 0 spiro atoms. The van der Waals surface area contributed by atoms with Gasteiger partial charge in [0.25, 0.3) is 0 Å². The van der Waals surface area contributed by atoms with Gasteiger partial charge in [0, 0.05) is 29.8 Å². The molecule has 1 aliphatic rings. The summed E-state index contributed by atoms with van der Waals surface area (Å²) in [5.74, 6) is -0.150. The molecule has 2 aromatic carbocycles. The Morgan fingerprint density at radius 1 is 1.08 bits per heavy atom. The second kappa shape index (κ2) is 7.17. The van der Waals surface area contributed by atoms with Crippen LogP contribution in [-0.4, -0.2) is 30.7 Å². The maximum Gasteiger partial charge on any atom is 0.248 e. The lowest BCUT2D eigenvalue weighted by Gasteiger charge is -2.16. The van der Waals surface area contributed by atoms with Crippen LogP contribution in [0.2, 0.25) is 0 Å². The van der Waals surface area contributed by atoms with Crippen LogP contribution in [0.1, 0.15) is 33.6 Å². The Labute approximate surface area is 145 Å². The van der Waals surface area contributed by atoms with E-state index in [1.807, 2.05) is 6.07 Å². The van der Waals surface area contributed by atoms with Crippen LogP contribution in [-0.2, 0) is 4.79 Å². The molecule has 128 valence electrons. The summed E-state index contributed by atoms with van der Waals surface area (Å²) in [5.41, 5.74) is 6.78. The standard InChI is InChI=1S/C19H18N2O4/c20-19(24)13-6-8-16(9-7-13)25-12-17(22)14-3-1-4-15(11-14)21-10-2-5-18(21)23/h1,3-4,6-9,11H,2,5,10,12H2,(H2,20,24). The molecule has 1 fully saturated rings. The topological polar surface area (TPSA) is 89.7 Å². The second-order valence-corrected chi connectivity index (χ2v) is 5.80. The number of ether oxygens (including phenoxy) is 1. The molecule has 1 aliphatic heterocycles. The molecule has 2 amide bonds. The van der Waals surface area contributed by atoms with Crippen molar-refractivity contribution in [2.24, 2.45) is 5.73 Å². The number of ketones is 1. The van der Waals surface area contributed by atoms with E-state index in [0.717, 1.165) is 12.1 Å². The first kappa shape index (κ1) is 16.7. The molecule has 0 atom stereocenters. The highest BCUT2D eigenvalue weighted by atomic mass is 16.5. The average molecular weight is 338 g/mol. The van der Waals surface area contributed by atoms with Gasteiger partial charge in [-0.25, -0.2) is 0 Å². The number of amides is 2. The van der Waals surface area contributed by atoms with Crippen molar-refractivity contribution in [1.29, 1.82) is 0 Å². The second-order valence-electron chi connectivity index (χ2n) is 5.80. The number of Topliss-reactive ketones (excluding diaryl/α,β-unsaturated/α-hetero) is 1. The molecule has 0 saturated carbocycles. The first-order chi connectivity index (χ1) is 12.0. The fourth-order valence-corrected chi connectivity index (χ4v) is 2.72. The van der Waals surface area contributed by atoms with Crippen LogP contribution in [0.15, 0.2) is 48.5 Å². The lowest BCUT2D eigenvalue weighted by atomic mass is 10.1. The van der Waals surface area contributed by atoms with Gasteiger partial charge in [-0.3, -0.25) is 14.4 Å². The van der Waals surface area contributed by atoms with E-state index in [2.05, 4.69) is 0 Å². The number of nitrogens with two attached hydrogens (primary N) is 1. The number of carbonyl (C=O) groups is 3. The summed E-state index contributed by atoms with van der Waals surface area (Å²) in [6.07, 6.45) is 1.38. The Hall–Kier alpha value is -3.15. The first-order valence-corrected chi connectivity index (χ1v) is 8.01. The number of anilines is 1. The van der Waals surface area contributed by atoms with Gasteiger partial charge < -0.3 is 15.4 Å². The van der Waals surface area contributed by atoms with Gasteiger partial charge >= 0.3 is 0 Å². The molecule has 1 heterocycles. The van der Waals surface area contributed by atoms with E-state index < -0.39 is 5.91 Å². The monoisotopic (exact) mass is 338 g/mol. The molecule has 6 nitrogen and oxygen atoms in total. The minimum atomic E-state index is -0.518. The predicted molar refractivity (Wildman–Crippen MR) is 92.8 cm³/mol. The number of nitrogens with zero attached hydrogens (tertiary/aromatic N) is 1. The number of benzene rings is 2. The minimum absolute atomic E-state index is 0.0791. The molecule has 0 radical (unpaired) electrons. The van der Waals surface area contributed by atoms with E-state index in [0.29, 0.717) is 29.8 Å². The normalized spacial score (nSPS) is 13.8. The third-order valence-electron chi connectivity index (χ3n) is 4.06.